The van der Waals surface area contributed by atoms with Crippen LogP contribution in [0.2, 0.25) is 0 Å². The van der Waals surface area contributed by atoms with Gasteiger partial charge in [-0.2, -0.15) is 0 Å². The number of unbranched alkanes of at least 4 members (excludes halogenated alkanes) is 29. The molecule has 0 aliphatic carbocycles. The van der Waals surface area contributed by atoms with Gasteiger partial charge in [0.1, 0.15) is 13.2 Å². The molecule has 0 radical (unpaired) electrons. The third kappa shape index (κ3) is 64.6. The van der Waals surface area contributed by atoms with Gasteiger partial charge in [-0.25, -0.2) is 0 Å². The second-order valence-electron chi connectivity index (χ2n) is 22.0. The van der Waals surface area contributed by atoms with E-state index in [1.54, 1.807) is 0 Å². The van der Waals surface area contributed by atoms with Crippen LogP contribution in [0.4, 0.5) is 0 Å². The van der Waals surface area contributed by atoms with E-state index in [9.17, 15) is 14.4 Å². The van der Waals surface area contributed by atoms with Crippen molar-refractivity contribution in [3.8, 4) is 0 Å². The molecule has 0 spiro atoms. The quantitative estimate of drug-likeness (QED) is 0.0261. The number of ether oxygens (including phenoxy) is 3. The van der Waals surface area contributed by atoms with E-state index < -0.39 is 6.10 Å². The molecule has 6 nitrogen and oxygen atoms in total. The Morgan fingerprint density at radius 2 is 0.487 bits per heavy atom. The van der Waals surface area contributed by atoms with E-state index in [4.69, 9.17) is 14.2 Å². The van der Waals surface area contributed by atoms with Crippen LogP contribution in [-0.4, -0.2) is 37.2 Å². The first-order chi connectivity index (χ1) is 39.5. The smallest absolute Gasteiger partial charge is 0.306 e. The number of esters is 3. The number of carbonyl (C=O) groups excluding carboxylic acids is 3. The maximum atomic E-state index is 13.0. The van der Waals surface area contributed by atoms with E-state index >= 15 is 0 Å². The number of hydrogen-bond donors (Lipinski definition) is 0. The summed E-state index contributed by atoms with van der Waals surface area (Å²) in [5.74, 6) is -0.927. The predicted octanol–water partition coefficient (Wildman–Crippen LogP) is 23.2. The predicted molar refractivity (Wildman–Crippen MR) is 348 cm³/mol. The van der Waals surface area contributed by atoms with Crippen molar-refractivity contribution in [2.24, 2.45) is 0 Å². The summed E-state index contributed by atoms with van der Waals surface area (Å²) in [4.78, 5) is 38.4. The summed E-state index contributed by atoms with van der Waals surface area (Å²) in [6.45, 7) is 6.41. The molecule has 0 aromatic carbocycles. The number of carbonyl (C=O) groups is 3. The van der Waals surface area contributed by atoms with Crippen LogP contribution in [-0.2, 0) is 28.6 Å². The van der Waals surface area contributed by atoms with Gasteiger partial charge in [0.15, 0.2) is 6.10 Å². The highest BCUT2D eigenvalue weighted by Crippen LogP contribution is 2.17. The topological polar surface area (TPSA) is 78.9 Å². The zero-order valence-electron chi connectivity index (χ0n) is 52.3. The molecule has 0 bridgehead atoms. The molecule has 0 heterocycles. The van der Waals surface area contributed by atoms with Crippen LogP contribution in [0, 0.1) is 0 Å². The van der Waals surface area contributed by atoms with Crippen molar-refractivity contribution in [2.45, 2.75) is 316 Å². The normalized spacial score (nSPS) is 12.9. The largest absolute Gasteiger partial charge is 0.462 e. The second-order valence-corrected chi connectivity index (χ2v) is 22.0. The summed E-state index contributed by atoms with van der Waals surface area (Å²) >= 11 is 0. The zero-order valence-corrected chi connectivity index (χ0v) is 52.3. The summed E-state index contributed by atoms with van der Waals surface area (Å²) in [6.07, 6.45) is 93.5. The average Bonchev–Trinajstić information content (AvgIpc) is 3.46. The molecular formula is C74H124O6. The van der Waals surface area contributed by atoms with Gasteiger partial charge < -0.3 is 14.2 Å². The Balaban J connectivity index is 4.45. The molecule has 80 heavy (non-hydrogen) atoms. The van der Waals surface area contributed by atoms with Crippen LogP contribution in [0.1, 0.15) is 310 Å². The summed E-state index contributed by atoms with van der Waals surface area (Å²) in [7, 11) is 0. The molecule has 0 aromatic heterocycles. The summed E-state index contributed by atoms with van der Waals surface area (Å²) in [5.41, 5.74) is 0. The molecule has 0 N–H and O–H groups in total. The highest BCUT2D eigenvalue weighted by molar-refractivity contribution is 5.71. The van der Waals surface area contributed by atoms with E-state index in [2.05, 4.69) is 142 Å². The zero-order chi connectivity index (χ0) is 57.8. The molecule has 1 atom stereocenters. The lowest BCUT2D eigenvalue weighted by atomic mass is 10.0. The van der Waals surface area contributed by atoms with Gasteiger partial charge in [0.25, 0.3) is 0 Å². The minimum atomic E-state index is -0.801. The third-order valence-electron chi connectivity index (χ3n) is 14.2. The minimum Gasteiger partial charge on any atom is -0.462 e. The molecule has 0 aromatic rings. The molecule has 0 rings (SSSR count). The van der Waals surface area contributed by atoms with Gasteiger partial charge in [0.05, 0.1) is 0 Å². The van der Waals surface area contributed by atoms with Crippen molar-refractivity contribution in [2.75, 3.05) is 13.2 Å². The SMILES string of the molecule is CC/C=C\C/C=C\C/C=C\C/C=C\C/C=C\CCCCCCCCCC(=O)OCC(COC(=O)CCCCC/C=C\C/C=C\C/C=C\C/C=C\C/C=C\CC)OC(=O)CCCCCCCCCCCCCCCCCCCCCC. The first kappa shape index (κ1) is 75.8. The van der Waals surface area contributed by atoms with E-state index in [0.717, 1.165) is 135 Å². The van der Waals surface area contributed by atoms with Crippen molar-refractivity contribution >= 4 is 17.9 Å². The Labute approximate surface area is 494 Å². The number of hydrogen-bond acceptors (Lipinski definition) is 6. The van der Waals surface area contributed by atoms with Crippen molar-refractivity contribution in [1.29, 1.82) is 0 Å². The fraction of sp³-hybridized carbons (Fsp3) is 0.689. The van der Waals surface area contributed by atoms with Gasteiger partial charge >= 0.3 is 17.9 Å². The van der Waals surface area contributed by atoms with Crippen molar-refractivity contribution < 1.29 is 28.6 Å². The first-order valence-corrected chi connectivity index (χ1v) is 33.5. The van der Waals surface area contributed by atoms with E-state index in [0.29, 0.717) is 19.3 Å². The number of allylic oxidation sites excluding steroid dienone is 20. The highest BCUT2D eigenvalue weighted by atomic mass is 16.6. The van der Waals surface area contributed by atoms with Crippen molar-refractivity contribution in [1.82, 2.24) is 0 Å². The Hall–Kier alpha value is -4.19. The van der Waals surface area contributed by atoms with Gasteiger partial charge in [-0.15, -0.1) is 0 Å². The summed E-state index contributed by atoms with van der Waals surface area (Å²) < 4.78 is 16.9. The monoisotopic (exact) mass is 1110 g/mol. The molecule has 0 saturated heterocycles. The maximum absolute atomic E-state index is 13.0. The third-order valence-corrected chi connectivity index (χ3v) is 14.2. The van der Waals surface area contributed by atoms with Crippen molar-refractivity contribution in [3.05, 3.63) is 122 Å². The van der Waals surface area contributed by atoms with Crippen LogP contribution in [0.5, 0.6) is 0 Å². The van der Waals surface area contributed by atoms with Crippen LogP contribution >= 0.6 is 0 Å². The van der Waals surface area contributed by atoms with Crippen LogP contribution in [0.15, 0.2) is 122 Å². The van der Waals surface area contributed by atoms with Gasteiger partial charge in [-0.1, -0.05) is 303 Å². The molecule has 0 aliphatic heterocycles. The lowest BCUT2D eigenvalue weighted by molar-refractivity contribution is -0.167. The minimum absolute atomic E-state index is 0.0950. The lowest BCUT2D eigenvalue weighted by Crippen LogP contribution is -2.30. The Bertz CT molecular complexity index is 1650. The molecule has 0 fully saturated rings. The summed E-state index contributed by atoms with van der Waals surface area (Å²) in [5, 5.41) is 0. The Morgan fingerprint density at radius 3 is 0.775 bits per heavy atom. The van der Waals surface area contributed by atoms with Crippen LogP contribution in [0.3, 0.4) is 0 Å². The molecule has 0 amide bonds. The highest BCUT2D eigenvalue weighted by Gasteiger charge is 2.19. The fourth-order valence-corrected chi connectivity index (χ4v) is 9.26. The molecule has 456 valence electrons. The standard InChI is InChI=1S/C74H124O6/c1-4-7-10-13-16-19-22-25-28-31-34-36-37-38-41-43-46-49-52-55-58-61-64-67-73(76)79-70-71(69-78-72(75)66-63-60-57-54-51-48-45-42-39-33-30-27-24-21-18-15-12-9-6-3)80-74(77)68-65-62-59-56-53-50-47-44-40-35-32-29-26-23-20-17-14-11-8-5-2/h7,9-10,12,16,18-19,21,25,27-28,30,34,36,38-39,41-42,48,51,71H,4-6,8,11,13-15,17,20,22-24,26,29,31-33,35,37,40,43-47,49-50,52-70H2,1-3H3/b10-7-,12-9-,19-16-,21-18-,28-25-,30-27-,36-34-,41-38-,42-39-,51-48-. The van der Waals surface area contributed by atoms with Gasteiger partial charge in [0.2, 0.25) is 0 Å². The van der Waals surface area contributed by atoms with Gasteiger partial charge in [-0.3, -0.25) is 14.4 Å². The van der Waals surface area contributed by atoms with Gasteiger partial charge in [0, 0.05) is 19.3 Å². The second kappa shape index (κ2) is 67.3. The maximum Gasteiger partial charge on any atom is 0.306 e. The molecular weight excluding hydrogens is 985 g/mol. The Morgan fingerprint density at radius 1 is 0.263 bits per heavy atom. The average molecular weight is 1110 g/mol. The molecule has 1 unspecified atom stereocenters. The molecule has 6 heteroatoms. The molecule has 0 saturated carbocycles. The van der Waals surface area contributed by atoms with Gasteiger partial charge in [-0.05, 0) is 109 Å². The van der Waals surface area contributed by atoms with Crippen LogP contribution in [0.25, 0.3) is 0 Å². The van der Waals surface area contributed by atoms with Crippen LogP contribution < -0.4 is 0 Å². The van der Waals surface area contributed by atoms with E-state index in [1.807, 2.05) is 0 Å². The fourth-order valence-electron chi connectivity index (χ4n) is 9.26. The first-order valence-electron chi connectivity index (χ1n) is 33.5. The number of rotatable bonds is 60. The lowest BCUT2D eigenvalue weighted by Gasteiger charge is -2.18. The summed E-state index contributed by atoms with van der Waals surface area (Å²) in [6, 6.07) is 0. The van der Waals surface area contributed by atoms with E-state index in [1.165, 1.54) is 135 Å². The van der Waals surface area contributed by atoms with E-state index in [-0.39, 0.29) is 31.1 Å². The van der Waals surface area contributed by atoms with Crippen molar-refractivity contribution in [3.63, 3.8) is 0 Å². The Kier molecular flexibility index (Phi) is 63.8. The molecule has 0 aliphatic rings.